The second-order valence-corrected chi connectivity index (χ2v) is 5.11. The minimum absolute atomic E-state index is 0.290. The molecule has 1 atom stereocenters. The summed E-state index contributed by atoms with van der Waals surface area (Å²) in [5.74, 6) is 0.290. The lowest BCUT2D eigenvalue weighted by atomic mass is 10.2. The molecule has 1 saturated heterocycles. The maximum atomic E-state index is 9.42. The van der Waals surface area contributed by atoms with E-state index in [2.05, 4.69) is 10.4 Å². The van der Waals surface area contributed by atoms with E-state index < -0.39 is 0 Å². The molecule has 0 aliphatic carbocycles. The summed E-state index contributed by atoms with van der Waals surface area (Å²) >= 11 is 0. The molecule has 106 valence electrons. The number of benzene rings is 1. The molecule has 5 heteroatoms. The third kappa shape index (κ3) is 3.30. The van der Waals surface area contributed by atoms with Crippen LogP contribution in [0.2, 0.25) is 0 Å². The molecule has 0 amide bonds. The highest BCUT2D eigenvalue weighted by Gasteiger charge is 2.16. The van der Waals surface area contributed by atoms with E-state index in [1.807, 2.05) is 29.2 Å². The van der Waals surface area contributed by atoms with E-state index in [4.69, 9.17) is 4.74 Å². The summed E-state index contributed by atoms with van der Waals surface area (Å²) < 4.78 is 7.52. The number of nitrogens with one attached hydrogen (secondary N) is 1. The number of phenolic OH excluding ortho intramolecular Hbond substituents is 1. The van der Waals surface area contributed by atoms with Gasteiger partial charge in [-0.2, -0.15) is 5.10 Å². The number of nitrogens with zero attached hydrogens (tertiary/aromatic N) is 2. The van der Waals surface area contributed by atoms with Gasteiger partial charge in [0.2, 0.25) is 0 Å². The fourth-order valence-electron chi connectivity index (χ4n) is 2.42. The molecule has 0 spiro atoms. The molecule has 2 N–H and O–H groups in total. The van der Waals surface area contributed by atoms with E-state index in [-0.39, 0.29) is 0 Å². The summed E-state index contributed by atoms with van der Waals surface area (Å²) in [6.07, 6.45) is 6.37. The van der Waals surface area contributed by atoms with Crippen molar-refractivity contribution in [3.63, 3.8) is 0 Å². The zero-order valence-electron chi connectivity index (χ0n) is 11.3. The van der Waals surface area contributed by atoms with Crippen molar-refractivity contribution in [2.24, 2.45) is 0 Å². The van der Waals surface area contributed by atoms with Gasteiger partial charge in [-0.05, 0) is 30.5 Å². The number of hydrogen-bond donors (Lipinski definition) is 2. The van der Waals surface area contributed by atoms with Gasteiger partial charge in [0.25, 0.3) is 0 Å². The topological polar surface area (TPSA) is 59.3 Å². The van der Waals surface area contributed by atoms with Crippen LogP contribution in [0.15, 0.2) is 36.7 Å². The van der Waals surface area contributed by atoms with Gasteiger partial charge in [0.05, 0.1) is 24.5 Å². The molecule has 1 unspecified atom stereocenters. The van der Waals surface area contributed by atoms with Crippen LogP contribution in [0.3, 0.4) is 0 Å². The normalized spacial score (nSPS) is 18.3. The van der Waals surface area contributed by atoms with E-state index in [0.717, 1.165) is 37.2 Å². The number of aromatic hydroxyl groups is 1. The monoisotopic (exact) mass is 273 g/mol. The van der Waals surface area contributed by atoms with E-state index in [1.165, 1.54) is 0 Å². The molecule has 1 aromatic carbocycles. The number of anilines is 1. The predicted molar refractivity (Wildman–Crippen MR) is 76.6 cm³/mol. The minimum Gasteiger partial charge on any atom is -0.508 e. The van der Waals surface area contributed by atoms with E-state index in [9.17, 15) is 5.11 Å². The molecule has 5 nitrogen and oxygen atoms in total. The summed E-state index contributed by atoms with van der Waals surface area (Å²) in [5.41, 5.74) is 2.02. The van der Waals surface area contributed by atoms with Crippen molar-refractivity contribution in [2.45, 2.75) is 32.0 Å². The summed E-state index contributed by atoms with van der Waals surface area (Å²) in [6, 6.07) is 7.24. The number of phenols is 1. The quantitative estimate of drug-likeness (QED) is 0.878. The molecule has 3 rings (SSSR count). The number of rotatable bonds is 5. The molecule has 0 radical (unpaired) electrons. The Kier molecular flexibility index (Phi) is 3.87. The molecule has 1 aromatic heterocycles. The first-order valence-corrected chi connectivity index (χ1v) is 6.95. The third-order valence-electron chi connectivity index (χ3n) is 3.46. The van der Waals surface area contributed by atoms with Crippen LogP contribution < -0.4 is 5.32 Å². The van der Waals surface area contributed by atoms with Crippen molar-refractivity contribution in [2.75, 3.05) is 11.9 Å². The van der Waals surface area contributed by atoms with Crippen LogP contribution in [0.4, 0.5) is 5.69 Å². The van der Waals surface area contributed by atoms with Crippen LogP contribution in [0, 0.1) is 0 Å². The second-order valence-electron chi connectivity index (χ2n) is 5.11. The van der Waals surface area contributed by atoms with Crippen molar-refractivity contribution < 1.29 is 9.84 Å². The zero-order valence-corrected chi connectivity index (χ0v) is 11.3. The molecule has 0 bridgehead atoms. The van der Waals surface area contributed by atoms with Gasteiger partial charge in [-0.3, -0.25) is 4.68 Å². The summed E-state index contributed by atoms with van der Waals surface area (Å²) in [5, 5.41) is 17.0. The van der Waals surface area contributed by atoms with Crippen molar-refractivity contribution in [1.29, 1.82) is 0 Å². The van der Waals surface area contributed by atoms with Gasteiger partial charge < -0.3 is 15.2 Å². The fourth-order valence-corrected chi connectivity index (χ4v) is 2.42. The largest absolute Gasteiger partial charge is 0.508 e. The van der Waals surface area contributed by atoms with E-state index in [0.29, 0.717) is 18.4 Å². The first-order valence-electron chi connectivity index (χ1n) is 6.95. The smallest absolute Gasteiger partial charge is 0.115 e. The van der Waals surface area contributed by atoms with Gasteiger partial charge in [0.1, 0.15) is 5.75 Å². The van der Waals surface area contributed by atoms with Gasteiger partial charge in [0.15, 0.2) is 0 Å². The second kappa shape index (κ2) is 5.96. The van der Waals surface area contributed by atoms with Gasteiger partial charge >= 0.3 is 0 Å². The van der Waals surface area contributed by atoms with Gasteiger partial charge in [-0.25, -0.2) is 0 Å². The lowest BCUT2D eigenvalue weighted by Gasteiger charge is -2.08. The molecule has 2 heterocycles. The van der Waals surface area contributed by atoms with Crippen molar-refractivity contribution >= 4 is 5.69 Å². The molecule has 0 saturated carbocycles. The maximum Gasteiger partial charge on any atom is 0.115 e. The van der Waals surface area contributed by atoms with Gasteiger partial charge in [-0.15, -0.1) is 0 Å². The molecule has 20 heavy (non-hydrogen) atoms. The van der Waals surface area contributed by atoms with Crippen LogP contribution in [0.5, 0.6) is 5.75 Å². The predicted octanol–water partition coefficient (Wildman–Crippen LogP) is 2.38. The maximum absolute atomic E-state index is 9.42. The lowest BCUT2D eigenvalue weighted by molar-refractivity contribution is 0.0940. The Bertz CT molecular complexity index is 562. The molecular weight excluding hydrogens is 254 g/mol. The van der Waals surface area contributed by atoms with Crippen molar-refractivity contribution in [1.82, 2.24) is 9.78 Å². The first-order chi connectivity index (χ1) is 9.79. The minimum atomic E-state index is 0.290. The summed E-state index contributed by atoms with van der Waals surface area (Å²) in [7, 11) is 0. The standard InChI is InChI=1S/C15H19N3O2/c19-14-4-1-3-12(7-14)8-16-13-9-17-18(10-13)11-15-5-2-6-20-15/h1,3-4,7,9-10,15-16,19H,2,5-6,8,11H2. The van der Waals surface area contributed by atoms with E-state index >= 15 is 0 Å². The average molecular weight is 273 g/mol. The average Bonchev–Trinajstić information content (AvgIpc) is 3.09. The summed E-state index contributed by atoms with van der Waals surface area (Å²) in [4.78, 5) is 0. The number of hydrogen-bond acceptors (Lipinski definition) is 4. The Balaban J connectivity index is 1.54. The van der Waals surface area contributed by atoms with Crippen molar-refractivity contribution in [3.05, 3.63) is 42.2 Å². The van der Waals surface area contributed by atoms with E-state index in [1.54, 1.807) is 12.1 Å². The van der Waals surface area contributed by atoms with Crippen LogP contribution in [0.1, 0.15) is 18.4 Å². The molecular formula is C15H19N3O2. The highest BCUT2D eigenvalue weighted by molar-refractivity contribution is 5.40. The highest BCUT2D eigenvalue weighted by atomic mass is 16.5. The number of ether oxygens (including phenoxy) is 1. The molecule has 2 aromatic rings. The highest BCUT2D eigenvalue weighted by Crippen LogP contribution is 2.16. The number of aromatic nitrogens is 2. The summed E-state index contributed by atoms with van der Waals surface area (Å²) in [6.45, 7) is 2.35. The lowest BCUT2D eigenvalue weighted by Crippen LogP contribution is -2.15. The van der Waals surface area contributed by atoms with Gasteiger partial charge in [0, 0.05) is 19.3 Å². The Hall–Kier alpha value is -2.01. The van der Waals surface area contributed by atoms with Crippen LogP contribution in [-0.4, -0.2) is 27.6 Å². The Morgan fingerprint density at radius 1 is 1.45 bits per heavy atom. The molecule has 1 aliphatic heterocycles. The molecule has 1 aliphatic rings. The fraction of sp³-hybridized carbons (Fsp3) is 0.400. The van der Waals surface area contributed by atoms with Crippen LogP contribution in [-0.2, 0) is 17.8 Å². The van der Waals surface area contributed by atoms with Crippen LogP contribution in [0.25, 0.3) is 0 Å². The zero-order chi connectivity index (χ0) is 13.8. The van der Waals surface area contributed by atoms with Gasteiger partial charge in [-0.1, -0.05) is 12.1 Å². The Labute approximate surface area is 118 Å². The molecule has 1 fully saturated rings. The van der Waals surface area contributed by atoms with Crippen molar-refractivity contribution in [3.8, 4) is 5.75 Å². The Morgan fingerprint density at radius 3 is 3.20 bits per heavy atom. The third-order valence-corrected chi connectivity index (χ3v) is 3.46. The van der Waals surface area contributed by atoms with Crippen LogP contribution >= 0.6 is 0 Å². The SMILES string of the molecule is Oc1cccc(CNc2cnn(CC3CCCO3)c2)c1. The first kappa shape index (κ1) is 13.0. The Morgan fingerprint density at radius 2 is 2.40 bits per heavy atom.